The van der Waals surface area contributed by atoms with E-state index in [0.29, 0.717) is 11.1 Å². The molecule has 1 saturated heterocycles. The van der Waals surface area contributed by atoms with Gasteiger partial charge in [0.1, 0.15) is 0 Å². The molecular formula is C23H28F4OSi. The SMILES string of the molecule is CCCCC[C@H]1CC[Si@H](c2ccc(-c3cc(F)c(OC(F)F)c(F)c3)cc2)CC1. The standard InChI is InChI=1S/C23H28F4OSi/c1-2-3-4-5-16-10-12-29(13-11-16)19-8-6-17(7-9-19)18-14-20(24)22(21(25)15-18)28-23(26)27/h6-9,14-16,23,29H,2-5,10-13H2,1H3/t16-,29-. The summed E-state index contributed by atoms with van der Waals surface area (Å²) < 4.78 is 56.4. The van der Waals surface area contributed by atoms with Crippen LogP contribution in [0.5, 0.6) is 5.75 Å². The fourth-order valence-electron chi connectivity index (χ4n) is 4.34. The van der Waals surface area contributed by atoms with E-state index in [1.807, 2.05) is 12.1 Å². The van der Waals surface area contributed by atoms with Crippen LogP contribution in [0.15, 0.2) is 36.4 Å². The summed E-state index contributed by atoms with van der Waals surface area (Å²) in [5.41, 5.74) is 0.979. The van der Waals surface area contributed by atoms with Crippen LogP contribution < -0.4 is 9.92 Å². The molecule has 158 valence electrons. The molecule has 29 heavy (non-hydrogen) atoms. The second-order valence-electron chi connectivity index (χ2n) is 7.98. The zero-order chi connectivity index (χ0) is 20.8. The molecule has 1 fully saturated rings. The van der Waals surface area contributed by atoms with Gasteiger partial charge in [-0.25, -0.2) is 8.78 Å². The molecule has 0 aromatic heterocycles. The molecule has 0 atom stereocenters. The molecule has 0 aliphatic carbocycles. The smallest absolute Gasteiger partial charge is 0.387 e. The lowest BCUT2D eigenvalue weighted by molar-refractivity contribution is -0.0546. The average Bonchev–Trinajstić information content (AvgIpc) is 2.71. The summed E-state index contributed by atoms with van der Waals surface area (Å²) in [6, 6.07) is 12.6. The number of benzene rings is 2. The van der Waals surface area contributed by atoms with E-state index < -0.39 is 32.8 Å². The molecule has 1 heterocycles. The van der Waals surface area contributed by atoms with Crippen LogP contribution in [0, 0.1) is 17.6 Å². The largest absolute Gasteiger partial charge is 0.429 e. The molecule has 0 radical (unpaired) electrons. The Morgan fingerprint density at radius 1 is 0.966 bits per heavy atom. The first-order valence-corrected chi connectivity index (χ1v) is 12.7. The highest BCUT2D eigenvalue weighted by molar-refractivity contribution is 6.73. The number of ether oxygens (including phenoxy) is 1. The summed E-state index contributed by atoms with van der Waals surface area (Å²) in [6.07, 6.45) is 7.95. The minimum Gasteiger partial charge on any atom is -0.429 e. The van der Waals surface area contributed by atoms with Crippen LogP contribution in [0.2, 0.25) is 12.1 Å². The Kier molecular flexibility index (Phi) is 7.75. The van der Waals surface area contributed by atoms with Gasteiger partial charge in [0, 0.05) is 0 Å². The maximum atomic E-state index is 14.0. The Morgan fingerprint density at radius 2 is 1.59 bits per heavy atom. The average molecular weight is 425 g/mol. The van der Waals surface area contributed by atoms with Crippen molar-refractivity contribution in [1.82, 2.24) is 0 Å². The quantitative estimate of drug-likeness (QED) is 0.262. The zero-order valence-electron chi connectivity index (χ0n) is 16.8. The van der Waals surface area contributed by atoms with Crippen molar-refractivity contribution in [1.29, 1.82) is 0 Å². The molecule has 1 aliphatic rings. The van der Waals surface area contributed by atoms with Crippen LogP contribution in [-0.2, 0) is 0 Å². The molecule has 0 unspecified atom stereocenters. The molecule has 0 saturated carbocycles. The highest BCUT2D eigenvalue weighted by Gasteiger charge is 2.23. The van der Waals surface area contributed by atoms with Crippen LogP contribution in [0.25, 0.3) is 11.1 Å². The first-order chi connectivity index (χ1) is 14.0. The van der Waals surface area contributed by atoms with Gasteiger partial charge >= 0.3 is 6.61 Å². The van der Waals surface area contributed by atoms with E-state index in [2.05, 4.69) is 23.8 Å². The number of hydrogen-bond acceptors (Lipinski definition) is 1. The monoisotopic (exact) mass is 424 g/mol. The first-order valence-electron chi connectivity index (χ1n) is 10.5. The molecule has 1 aliphatic heterocycles. The molecule has 0 bridgehead atoms. The van der Waals surface area contributed by atoms with Gasteiger partial charge in [0.25, 0.3) is 0 Å². The van der Waals surface area contributed by atoms with E-state index in [4.69, 9.17) is 0 Å². The van der Waals surface area contributed by atoms with E-state index in [1.165, 1.54) is 55.8 Å². The lowest BCUT2D eigenvalue weighted by Gasteiger charge is -2.28. The maximum absolute atomic E-state index is 14.0. The zero-order valence-corrected chi connectivity index (χ0v) is 17.9. The summed E-state index contributed by atoms with van der Waals surface area (Å²) in [7, 11) is -0.975. The number of hydrogen-bond donors (Lipinski definition) is 0. The van der Waals surface area contributed by atoms with Crippen molar-refractivity contribution in [2.45, 2.75) is 64.1 Å². The molecule has 6 heteroatoms. The Morgan fingerprint density at radius 3 is 2.14 bits per heavy atom. The van der Waals surface area contributed by atoms with Crippen molar-refractivity contribution >= 4 is 14.0 Å². The Bertz CT molecular complexity index is 763. The molecule has 0 amide bonds. The fraction of sp³-hybridized carbons (Fsp3) is 0.478. The van der Waals surface area contributed by atoms with Crippen molar-refractivity contribution in [2.75, 3.05) is 0 Å². The van der Waals surface area contributed by atoms with Crippen molar-refractivity contribution in [2.24, 2.45) is 5.92 Å². The highest BCUT2D eigenvalue weighted by atomic mass is 28.3. The summed E-state index contributed by atoms with van der Waals surface area (Å²) in [5.74, 6) is -2.41. The minimum absolute atomic E-state index is 0.314. The van der Waals surface area contributed by atoms with Gasteiger partial charge in [0.05, 0.1) is 8.80 Å². The maximum Gasteiger partial charge on any atom is 0.387 e. The van der Waals surface area contributed by atoms with E-state index >= 15 is 0 Å². The predicted molar refractivity (Wildman–Crippen MR) is 112 cm³/mol. The molecule has 2 aromatic carbocycles. The lowest BCUT2D eigenvalue weighted by Crippen LogP contribution is -2.33. The molecule has 2 aromatic rings. The Hall–Kier alpha value is -1.82. The third kappa shape index (κ3) is 5.84. The second kappa shape index (κ2) is 10.3. The number of alkyl halides is 2. The van der Waals surface area contributed by atoms with Crippen molar-refractivity contribution < 1.29 is 22.3 Å². The van der Waals surface area contributed by atoms with Gasteiger partial charge in [0.15, 0.2) is 17.4 Å². The minimum atomic E-state index is -3.27. The number of halogens is 4. The van der Waals surface area contributed by atoms with E-state index in [9.17, 15) is 17.6 Å². The molecule has 0 spiro atoms. The topological polar surface area (TPSA) is 9.23 Å². The third-order valence-electron chi connectivity index (χ3n) is 5.98. The van der Waals surface area contributed by atoms with E-state index in [1.54, 1.807) is 0 Å². The van der Waals surface area contributed by atoms with Crippen LogP contribution in [-0.4, -0.2) is 15.4 Å². The fourth-order valence-corrected chi connectivity index (χ4v) is 7.78. The van der Waals surface area contributed by atoms with Gasteiger partial charge in [-0.05, 0) is 29.2 Å². The first kappa shape index (κ1) is 21.9. The Balaban J connectivity index is 1.64. The number of rotatable bonds is 8. The molecule has 3 rings (SSSR count). The summed E-state index contributed by atoms with van der Waals surface area (Å²) in [5, 5.41) is 1.39. The molecule has 0 N–H and O–H groups in total. The predicted octanol–water partition coefficient (Wildman–Crippen LogP) is 6.66. The van der Waals surface area contributed by atoms with Crippen molar-refractivity contribution in [3.8, 4) is 16.9 Å². The van der Waals surface area contributed by atoms with Gasteiger partial charge in [0.2, 0.25) is 0 Å². The second-order valence-corrected chi connectivity index (χ2v) is 11.2. The third-order valence-corrected chi connectivity index (χ3v) is 9.37. The van der Waals surface area contributed by atoms with Crippen LogP contribution in [0.1, 0.15) is 45.4 Å². The van der Waals surface area contributed by atoms with Gasteiger partial charge in [-0.3, -0.25) is 0 Å². The van der Waals surface area contributed by atoms with Gasteiger partial charge in [-0.2, -0.15) is 8.78 Å². The highest BCUT2D eigenvalue weighted by Crippen LogP contribution is 2.31. The molecule has 1 nitrogen and oxygen atoms in total. The van der Waals surface area contributed by atoms with Gasteiger partial charge in [-0.1, -0.05) is 87.0 Å². The van der Waals surface area contributed by atoms with Crippen LogP contribution >= 0.6 is 0 Å². The summed E-state index contributed by atoms with van der Waals surface area (Å²) in [6.45, 7) is -1.03. The normalized spacial score (nSPS) is 19.5. The van der Waals surface area contributed by atoms with Gasteiger partial charge < -0.3 is 4.74 Å². The van der Waals surface area contributed by atoms with E-state index in [-0.39, 0.29) is 0 Å². The number of unbranched alkanes of at least 4 members (excludes halogenated alkanes) is 2. The van der Waals surface area contributed by atoms with Gasteiger partial charge in [-0.15, -0.1) is 0 Å². The van der Waals surface area contributed by atoms with Crippen molar-refractivity contribution in [3.63, 3.8) is 0 Å². The van der Waals surface area contributed by atoms with Crippen LogP contribution in [0.3, 0.4) is 0 Å². The summed E-state index contributed by atoms with van der Waals surface area (Å²) >= 11 is 0. The van der Waals surface area contributed by atoms with Crippen LogP contribution in [0.4, 0.5) is 17.6 Å². The lowest BCUT2D eigenvalue weighted by atomic mass is 9.96. The molecular weight excluding hydrogens is 396 g/mol. The Labute approximate surface area is 171 Å². The summed E-state index contributed by atoms with van der Waals surface area (Å²) in [4.78, 5) is 0. The van der Waals surface area contributed by atoms with E-state index in [0.717, 1.165) is 18.1 Å². The van der Waals surface area contributed by atoms with Crippen molar-refractivity contribution in [3.05, 3.63) is 48.0 Å².